The van der Waals surface area contributed by atoms with Crippen molar-refractivity contribution in [3.8, 4) is 0 Å². The maximum absolute atomic E-state index is 11.6. The molecule has 5 heteroatoms. The number of aromatic nitrogens is 2. The molecule has 1 amide bonds. The number of hydrogen-bond donors (Lipinski definition) is 2. The lowest BCUT2D eigenvalue weighted by Gasteiger charge is -2.24. The van der Waals surface area contributed by atoms with Gasteiger partial charge in [0.15, 0.2) is 0 Å². The minimum atomic E-state index is -0.0901. The van der Waals surface area contributed by atoms with E-state index in [4.69, 9.17) is 11.6 Å². The Labute approximate surface area is 101 Å². The van der Waals surface area contributed by atoms with Crippen LogP contribution in [-0.2, 0) is 0 Å². The largest absolute Gasteiger partial charge is 0.351 e. The first-order valence-corrected chi connectivity index (χ1v) is 5.91. The van der Waals surface area contributed by atoms with E-state index < -0.39 is 0 Å². The standard InChI is InChI=1S/C11H18ClN3O/c1-11(2,4-3-5-12)8-13-10(16)9-6-14-15-7-9/h6-7H,3-5,8H2,1-2H3,(H,13,16)(H,14,15). The van der Waals surface area contributed by atoms with Crippen LogP contribution in [0.2, 0.25) is 0 Å². The molecule has 0 aliphatic rings. The van der Waals surface area contributed by atoms with Crippen LogP contribution in [0.5, 0.6) is 0 Å². The van der Waals surface area contributed by atoms with Crippen molar-refractivity contribution in [2.24, 2.45) is 5.41 Å². The van der Waals surface area contributed by atoms with E-state index in [2.05, 4.69) is 29.4 Å². The van der Waals surface area contributed by atoms with Gasteiger partial charge in [0.05, 0.1) is 11.8 Å². The number of H-pyrrole nitrogens is 1. The molecule has 0 radical (unpaired) electrons. The number of alkyl halides is 1. The molecule has 0 aliphatic carbocycles. The number of rotatable bonds is 6. The average molecular weight is 244 g/mol. The minimum Gasteiger partial charge on any atom is -0.351 e. The molecule has 2 N–H and O–H groups in total. The SMILES string of the molecule is CC(C)(CCCCl)CNC(=O)c1cn[nH]c1. The zero-order valence-corrected chi connectivity index (χ0v) is 10.5. The van der Waals surface area contributed by atoms with Crippen molar-refractivity contribution in [2.75, 3.05) is 12.4 Å². The number of carbonyl (C=O) groups is 1. The van der Waals surface area contributed by atoms with E-state index in [0.29, 0.717) is 18.0 Å². The van der Waals surface area contributed by atoms with Crippen LogP contribution in [0.1, 0.15) is 37.0 Å². The molecule has 0 saturated carbocycles. The van der Waals surface area contributed by atoms with Gasteiger partial charge < -0.3 is 5.32 Å². The number of aromatic amines is 1. The second-order valence-electron chi connectivity index (χ2n) is 4.63. The molecular weight excluding hydrogens is 226 g/mol. The van der Waals surface area contributed by atoms with E-state index in [-0.39, 0.29) is 11.3 Å². The molecule has 1 heterocycles. The number of nitrogens with zero attached hydrogens (tertiary/aromatic N) is 1. The molecule has 0 bridgehead atoms. The molecule has 90 valence electrons. The van der Waals surface area contributed by atoms with Gasteiger partial charge in [-0.2, -0.15) is 5.10 Å². The summed E-state index contributed by atoms with van der Waals surface area (Å²) < 4.78 is 0. The first kappa shape index (κ1) is 13.0. The van der Waals surface area contributed by atoms with Gasteiger partial charge in [-0.1, -0.05) is 13.8 Å². The fourth-order valence-corrected chi connectivity index (χ4v) is 1.56. The number of halogens is 1. The van der Waals surface area contributed by atoms with E-state index in [9.17, 15) is 4.79 Å². The monoisotopic (exact) mass is 243 g/mol. The fraction of sp³-hybridized carbons (Fsp3) is 0.636. The van der Waals surface area contributed by atoms with Crippen molar-refractivity contribution in [3.05, 3.63) is 18.0 Å². The predicted octanol–water partition coefficient (Wildman–Crippen LogP) is 2.18. The lowest BCUT2D eigenvalue weighted by molar-refractivity contribution is 0.0934. The molecule has 16 heavy (non-hydrogen) atoms. The summed E-state index contributed by atoms with van der Waals surface area (Å²) in [5.74, 6) is 0.576. The van der Waals surface area contributed by atoms with Crippen LogP contribution in [0.25, 0.3) is 0 Å². The van der Waals surface area contributed by atoms with Crippen LogP contribution in [-0.4, -0.2) is 28.5 Å². The second kappa shape index (κ2) is 5.89. The maximum atomic E-state index is 11.6. The van der Waals surface area contributed by atoms with Crippen LogP contribution in [0.15, 0.2) is 12.4 Å². The molecule has 4 nitrogen and oxygen atoms in total. The molecule has 0 unspecified atom stereocenters. The zero-order valence-electron chi connectivity index (χ0n) is 9.72. The molecule has 0 fully saturated rings. The van der Waals surface area contributed by atoms with Gasteiger partial charge in [-0.3, -0.25) is 9.89 Å². The average Bonchev–Trinajstić information content (AvgIpc) is 2.77. The quantitative estimate of drug-likeness (QED) is 0.753. The van der Waals surface area contributed by atoms with Crippen LogP contribution < -0.4 is 5.32 Å². The van der Waals surface area contributed by atoms with Crippen molar-refractivity contribution in [1.82, 2.24) is 15.5 Å². The van der Waals surface area contributed by atoms with E-state index in [0.717, 1.165) is 12.8 Å². The molecule has 0 spiro atoms. The molecular formula is C11H18ClN3O. The maximum Gasteiger partial charge on any atom is 0.254 e. The summed E-state index contributed by atoms with van der Waals surface area (Å²) in [5, 5.41) is 9.24. The summed E-state index contributed by atoms with van der Waals surface area (Å²) in [4.78, 5) is 11.6. The Morgan fingerprint density at radius 2 is 2.38 bits per heavy atom. The highest BCUT2D eigenvalue weighted by Crippen LogP contribution is 2.21. The Hall–Kier alpha value is -1.03. The topological polar surface area (TPSA) is 57.8 Å². The van der Waals surface area contributed by atoms with Gasteiger partial charge in [-0.25, -0.2) is 0 Å². The third-order valence-electron chi connectivity index (χ3n) is 2.48. The van der Waals surface area contributed by atoms with Crippen molar-refractivity contribution >= 4 is 17.5 Å². The van der Waals surface area contributed by atoms with E-state index >= 15 is 0 Å². The number of hydrogen-bond acceptors (Lipinski definition) is 2. The predicted molar refractivity (Wildman–Crippen MR) is 64.7 cm³/mol. The van der Waals surface area contributed by atoms with E-state index in [1.54, 1.807) is 6.20 Å². The highest BCUT2D eigenvalue weighted by atomic mass is 35.5. The Morgan fingerprint density at radius 1 is 1.62 bits per heavy atom. The minimum absolute atomic E-state index is 0.0777. The third kappa shape index (κ3) is 4.23. The summed E-state index contributed by atoms with van der Waals surface area (Å²) in [6.45, 7) is 4.89. The fourth-order valence-electron chi connectivity index (χ4n) is 1.43. The molecule has 0 aliphatic heterocycles. The number of amides is 1. The normalized spacial score (nSPS) is 11.4. The Balaban J connectivity index is 2.36. The molecule has 0 atom stereocenters. The van der Waals surface area contributed by atoms with Gasteiger partial charge in [-0.15, -0.1) is 11.6 Å². The van der Waals surface area contributed by atoms with E-state index in [1.165, 1.54) is 6.20 Å². The third-order valence-corrected chi connectivity index (χ3v) is 2.74. The zero-order chi connectivity index (χ0) is 12.0. The Morgan fingerprint density at radius 3 is 2.94 bits per heavy atom. The smallest absolute Gasteiger partial charge is 0.254 e. The highest BCUT2D eigenvalue weighted by Gasteiger charge is 2.18. The van der Waals surface area contributed by atoms with Crippen molar-refractivity contribution in [1.29, 1.82) is 0 Å². The van der Waals surface area contributed by atoms with E-state index in [1.807, 2.05) is 0 Å². The summed E-state index contributed by atoms with van der Waals surface area (Å²) in [6, 6.07) is 0. The molecule has 1 aromatic heterocycles. The van der Waals surface area contributed by atoms with Crippen molar-refractivity contribution in [2.45, 2.75) is 26.7 Å². The second-order valence-corrected chi connectivity index (χ2v) is 5.00. The first-order valence-electron chi connectivity index (χ1n) is 5.38. The summed E-state index contributed by atoms with van der Waals surface area (Å²) in [7, 11) is 0. The Kier molecular flexibility index (Phi) is 4.80. The number of nitrogens with one attached hydrogen (secondary N) is 2. The molecule has 1 aromatic rings. The van der Waals surface area contributed by atoms with Crippen molar-refractivity contribution < 1.29 is 4.79 Å². The number of carbonyl (C=O) groups excluding carboxylic acids is 1. The van der Waals surface area contributed by atoms with Gasteiger partial charge in [-0.05, 0) is 18.3 Å². The van der Waals surface area contributed by atoms with Gasteiger partial charge >= 0.3 is 0 Å². The lowest BCUT2D eigenvalue weighted by atomic mass is 9.88. The van der Waals surface area contributed by atoms with Gasteiger partial charge in [0, 0.05) is 18.6 Å². The lowest BCUT2D eigenvalue weighted by Crippen LogP contribution is -2.33. The highest BCUT2D eigenvalue weighted by molar-refractivity contribution is 6.17. The van der Waals surface area contributed by atoms with Gasteiger partial charge in [0.2, 0.25) is 0 Å². The van der Waals surface area contributed by atoms with Crippen molar-refractivity contribution in [3.63, 3.8) is 0 Å². The summed E-state index contributed by atoms with van der Waals surface area (Å²) in [5.41, 5.74) is 0.641. The van der Waals surface area contributed by atoms with Crippen LogP contribution in [0, 0.1) is 5.41 Å². The first-order chi connectivity index (χ1) is 7.55. The Bertz CT molecular complexity index is 322. The molecule has 0 aromatic carbocycles. The molecule has 0 saturated heterocycles. The summed E-state index contributed by atoms with van der Waals surface area (Å²) in [6.07, 6.45) is 5.07. The summed E-state index contributed by atoms with van der Waals surface area (Å²) >= 11 is 5.65. The molecule has 1 rings (SSSR count). The van der Waals surface area contributed by atoms with Gasteiger partial charge in [0.1, 0.15) is 0 Å². The van der Waals surface area contributed by atoms with Crippen LogP contribution in [0.4, 0.5) is 0 Å². The van der Waals surface area contributed by atoms with Crippen LogP contribution in [0.3, 0.4) is 0 Å². The van der Waals surface area contributed by atoms with Crippen LogP contribution >= 0.6 is 11.6 Å². The van der Waals surface area contributed by atoms with Gasteiger partial charge in [0.25, 0.3) is 5.91 Å².